The monoisotopic (exact) mass is 479 g/mol. The van der Waals surface area contributed by atoms with Gasteiger partial charge in [-0.25, -0.2) is 0 Å². The minimum absolute atomic E-state index is 0. The summed E-state index contributed by atoms with van der Waals surface area (Å²) in [5.74, 6) is 2.93. The van der Waals surface area contributed by atoms with Gasteiger partial charge in [0.15, 0.2) is 17.5 Å². The predicted molar refractivity (Wildman–Crippen MR) is 118 cm³/mol. The van der Waals surface area contributed by atoms with Gasteiger partial charge in [0.1, 0.15) is 0 Å². The number of nitrogens with one attached hydrogen (secondary N) is 1. The fourth-order valence-corrected chi connectivity index (χ4v) is 2.38. The zero-order chi connectivity index (χ0) is 18.7. The lowest BCUT2D eigenvalue weighted by atomic mass is 10.1. The molecular formula is C19H34IN3O3. The maximum atomic E-state index is 5.58. The second-order valence-electron chi connectivity index (χ2n) is 6.30. The smallest absolute Gasteiger partial charge is 0.193 e. The number of rotatable bonds is 10. The average molecular weight is 479 g/mol. The van der Waals surface area contributed by atoms with Crippen LogP contribution in [0.2, 0.25) is 0 Å². The van der Waals surface area contributed by atoms with Crippen LogP contribution in [0.5, 0.6) is 11.5 Å². The van der Waals surface area contributed by atoms with Crippen LogP contribution in [-0.4, -0.2) is 65.5 Å². The zero-order valence-corrected chi connectivity index (χ0v) is 19.2. The molecule has 0 amide bonds. The third-order valence-corrected chi connectivity index (χ3v) is 3.74. The molecule has 6 nitrogen and oxygen atoms in total. The van der Waals surface area contributed by atoms with Crippen LogP contribution >= 0.6 is 24.0 Å². The molecule has 0 unspecified atom stereocenters. The summed E-state index contributed by atoms with van der Waals surface area (Å²) in [5.41, 5.74) is 1.19. The number of likely N-dealkylation sites (N-methyl/N-ethyl adjacent to an activating group) is 1. The molecule has 0 aliphatic carbocycles. The van der Waals surface area contributed by atoms with Crippen molar-refractivity contribution >= 4 is 29.9 Å². The molecule has 0 atom stereocenters. The molecule has 26 heavy (non-hydrogen) atoms. The molecule has 0 radical (unpaired) electrons. The number of hydrogen-bond donors (Lipinski definition) is 1. The van der Waals surface area contributed by atoms with E-state index in [-0.39, 0.29) is 24.0 Å². The fourth-order valence-electron chi connectivity index (χ4n) is 2.38. The summed E-state index contributed by atoms with van der Waals surface area (Å²) >= 11 is 0. The van der Waals surface area contributed by atoms with Crippen LogP contribution in [0.15, 0.2) is 23.2 Å². The van der Waals surface area contributed by atoms with Crippen LogP contribution in [0, 0.1) is 5.92 Å². The Morgan fingerprint density at radius 3 is 2.46 bits per heavy atom. The van der Waals surface area contributed by atoms with Gasteiger partial charge in [-0.15, -0.1) is 24.0 Å². The number of methoxy groups -OCH3 is 2. The highest BCUT2D eigenvalue weighted by Gasteiger charge is 2.08. The Labute approximate surface area is 175 Å². The largest absolute Gasteiger partial charge is 0.493 e. The molecule has 0 fully saturated rings. The topological polar surface area (TPSA) is 55.3 Å². The molecule has 0 heterocycles. The van der Waals surface area contributed by atoms with Gasteiger partial charge in [0.05, 0.1) is 20.8 Å². The number of benzene rings is 1. The van der Waals surface area contributed by atoms with E-state index >= 15 is 0 Å². The number of guanidine groups is 1. The zero-order valence-electron chi connectivity index (χ0n) is 16.9. The van der Waals surface area contributed by atoms with Crippen molar-refractivity contribution < 1.29 is 14.2 Å². The summed E-state index contributed by atoms with van der Waals surface area (Å²) in [5, 5.41) is 3.33. The second-order valence-corrected chi connectivity index (χ2v) is 6.30. The van der Waals surface area contributed by atoms with Gasteiger partial charge in [-0.1, -0.05) is 19.9 Å². The summed E-state index contributed by atoms with van der Waals surface area (Å²) in [6.07, 6.45) is 0.890. The molecule has 0 aromatic heterocycles. The Morgan fingerprint density at radius 1 is 1.19 bits per heavy atom. The van der Waals surface area contributed by atoms with Crippen molar-refractivity contribution in [3.8, 4) is 11.5 Å². The van der Waals surface area contributed by atoms with Crippen molar-refractivity contribution in [1.29, 1.82) is 0 Å². The highest BCUT2D eigenvalue weighted by Crippen LogP contribution is 2.27. The first-order valence-electron chi connectivity index (χ1n) is 8.72. The summed E-state index contributed by atoms with van der Waals surface area (Å²) in [7, 11) is 7.13. The van der Waals surface area contributed by atoms with E-state index in [9.17, 15) is 0 Å². The van der Waals surface area contributed by atoms with E-state index in [1.54, 1.807) is 21.3 Å². The van der Waals surface area contributed by atoms with Crippen LogP contribution in [0.25, 0.3) is 0 Å². The maximum Gasteiger partial charge on any atom is 0.193 e. The molecule has 0 saturated heterocycles. The maximum absolute atomic E-state index is 5.58. The fraction of sp³-hybridized carbons (Fsp3) is 0.632. The van der Waals surface area contributed by atoms with E-state index in [1.165, 1.54) is 5.56 Å². The number of halogens is 1. The van der Waals surface area contributed by atoms with Crippen LogP contribution < -0.4 is 14.8 Å². The first-order valence-corrected chi connectivity index (χ1v) is 8.72. The Kier molecular flexibility index (Phi) is 13.3. The van der Waals surface area contributed by atoms with Crippen molar-refractivity contribution in [2.24, 2.45) is 10.9 Å². The molecule has 0 aliphatic rings. The minimum atomic E-state index is 0. The minimum Gasteiger partial charge on any atom is -0.493 e. The normalized spacial score (nSPS) is 11.1. The van der Waals surface area contributed by atoms with Crippen molar-refractivity contribution in [3.05, 3.63) is 23.8 Å². The second kappa shape index (κ2) is 13.9. The lowest BCUT2D eigenvalue weighted by Gasteiger charge is -2.22. The van der Waals surface area contributed by atoms with Crippen LogP contribution in [0.4, 0.5) is 0 Å². The van der Waals surface area contributed by atoms with Gasteiger partial charge in [0, 0.05) is 33.8 Å². The summed E-state index contributed by atoms with van der Waals surface area (Å²) < 4.78 is 16.2. The van der Waals surface area contributed by atoms with Gasteiger partial charge in [-0.2, -0.15) is 0 Å². The molecule has 0 bridgehead atoms. The van der Waals surface area contributed by atoms with Crippen LogP contribution in [0.1, 0.15) is 19.4 Å². The molecule has 1 aromatic rings. The van der Waals surface area contributed by atoms with E-state index in [2.05, 4.69) is 35.1 Å². The van der Waals surface area contributed by atoms with Gasteiger partial charge in [-0.3, -0.25) is 4.99 Å². The molecule has 0 spiro atoms. The molecule has 150 valence electrons. The van der Waals surface area contributed by atoms with E-state index in [0.717, 1.165) is 43.6 Å². The Balaban J connectivity index is 0.00000625. The first-order chi connectivity index (χ1) is 12.0. The number of ether oxygens (including phenoxy) is 3. The summed E-state index contributed by atoms with van der Waals surface area (Å²) in [6, 6.07) is 6.01. The van der Waals surface area contributed by atoms with E-state index in [0.29, 0.717) is 12.5 Å². The molecule has 1 rings (SSSR count). The highest BCUT2D eigenvalue weighted by atomic mass is 127. The number of aliphatic imine (C=N–C) groups is 1. The molecule has 1 N–H and O–H groups in total. The van der Waals surface area contributed by atoms with Crippen molar-refractivity contribution in [2.75, 3.05) is 54.6 Å². The van der Waals surface area contributed by atoms with Gasteiger partial charge in [-0.05, 0) is 30.0 Å². The summed E-state index contributed by atoms with van der Waals surface area (Å²) in [4.78, 5) is 6.44. The molecule has 0 saturated carbocycles. The van der Waals surface area contributed by atoms with Gasteiger partial charge >= 0.3 is 0 Å². The number of hydrogen-bond acceptors (Lipinski definition) is 4. The van der Waals surface area contributed by atoms with Crippen LogP contribution in [0.3, 0.4) is 0 Å². The predicted octanol–water partition coefficient (Wildman–Crippen LogP) is 3.04. The standard InChI is InChI=1S/C19H33N3O3.HI/c1-15(2)14-25-12-10-21-19(20-3)22(4)11-9-16-7-8-17(23-5)18(13-16)24-6;/h7-8,13,15H,9-12,14H2,1-6H3,(H,20,21);1H. The van der Waals surface area contributed by atoms with Gasteiger partial charge in [0.2, 0.25) is 0 Å². The lowest BCUT2D eigenvalue weighted by molar-refractivity contribution is 0.114. The molecular weight excluding hydrogens is 445 g/mol. The van der Waals surface area contributed by atoms with Crippen LogP contribution in [-0.2, 0) is 11.2 Å². The third-order valence-electron chi connectivity index (χ3n) is 3.74. The molecule has 0 aliphatic heterocycles. The van der Waals surface area contributed by atoms with Gasteiger partial charge in [0.25, 0.3) is 0 Å². The lowest BCUT2D eigenvalue weighted by Crippen LogP contribution is -2.41. The van der Waals surface area contributed by atoms with E-state index in [4.69, 9.17) is 14.2 Å². The first kappa shape index (κ1) is 24.8. The Morgan fingerprint density at radius 2 is 1.88 bits per heavy atom. The van der Waals surface area contributed by atoms with Crippen molar-refractivity contribution in [3.63, 3.8) is 0 Å². The quantitative estimate of drug-likeness (QED) is 0.242. The molecule has 7 heteroatoms. The van der Waals surface area contributed by atoms with Gasteiger partial charge < -0.3 is 24.4 Å². The van der Waals surface area contributed by atoms with Crippen molar-refractivity contribution in [1.82, 2.24) is 10.2 Å². The summed E-state index contributed by atoms with van der Waals surface area (Å²) in [6.45, 7) is 7.36. The van der Waals surface area contributed by atoms with Crippen molar-refractivity contribution in [2.45, 2.75) is 20.3 Å². The Bertz CT molecular complexity index is 539. The Hall–Kier alpha value is -1.22. The number of nitrogens with zero attached hydrogens (tertiary/aromatic N) is 2. The van der Waals surface area contributed by atoms with E-state index < -0.39 is 0 Å². The average Bonchev–Trinajstić information content (AvgIpc) is 2.62. The third kappa shape index (κ3) is 8.93. The highest BCUT2D eigenvalue weighted by molar-refractivity contribution is 14.0. The van der Waals surface area contributed by atoms with E-state index in [1.807, 2.05) is 19.2 Å². The molecule has 1 aromatic carbocycles. The SMILES string of the molecule is CN=C(NCCOCC(C)C)N(C)CCc1ccc(OC)c(OC)c1.I.